The molecule has 420 valence electrons. The zero-order valence-electron chi connectivity index (χ0n) is 48.1. The second-order valence-electron chi connectivity index (χ2n) is 23.5. The summed E-state index contributed by atoms with van der Waals surface area (Å²) in [6, 6.07) is 108. The zero-order chi connectivity index (χ0) is 58.7. The van der Waals surface area contributed by atoms with Gasteiger partial charge >= 0.3 is 0 Å². The highest BCUT2D eigenvalue weighted by atomic mass is 35.5. The number of allylic oxidation sites excluding steroid dienone is 2. The highest BCUT2D eigenvalue weighted by Crippen LogP contribution is 2.65. The van der Waals surface area contributed by atoms with Gasteiger partial charge in [-0.25, -0.2) is 0 Å². The summed E-state index contributed by atoms with van der Waals surface area (Å²) in [5.41, 5.74) is 19.6. The van der Waals surface area contributed by atoms with Gasteiger partial charge in [0.2, 0.25) is 0 Å². The van der Waals surface area contributed by atoms with Crippen molar-refractivity contribution in [1.29, 1.82) is 0 Å². The third-order valence-electron chi connectivity index (χ3n) is 18.7. The molecule has 1 spiro atoms. The average Bonchev–Trinajstić information content (AvgIpc) is 1.59. The maximum Gasteiger partial charge on any atom is 0.0734 e. The summed E-state index contributed by atoms with van der Waals surface area (Å²) in [5, 5.41) is 8.17. The van der Waals surface area contributed by atoms with Crippen molar-refractivity contribution < 1.29 is 0 Å². The number of anilines is 5. The maximum atomic E-state index is 7.38. The van der Waals surface area contributed by atoms with Gasteiger partial charge in [-0.3, -0.25) is 0 Å². The molecule has 0 saturated heterocycles. The molecule has 0 N–H and O–H groups in total. The van der Waals surface area contributed by atoms with Crippen LogP contribution in [0.1, 0.15) is 23.1 Å². The number of halogens is 1. The molecule has 15 aromatic rings. The van der Waals surface area contributed by atoms with Crippen molar-refractivity contribution in [2.45, 2.75) is 22.8 Å². The van der Waals surface area contributed by atoms with E-state index >= 15 is 0 Å². The Morgan fingerprint density at radius 3 is 1.83 bits per heavy atom. The molecule has 89 heavy (non-hydrogen) atoms. The smallest absolute Gasteiger partial charge is 0.0734 e. The van der Waals surface area contributed by atoms with E-state index in [-0.39, 0.29) is 6.04 Å². The number of hydrogen-bond acceptors (Lipinski definition) is 5. The zero-order valence-corrected chi connectivity index (χ0v) is 51.4. The molecule has 3 aliphatic rings. The van der Waals surface area contributed by atoms with Gasteiger partial charge in [0.1, 0.15) is 0 Å². The lowest BCUT2D eigenvalue weighted by molar-refractivity contribution is 0.689. The van der Waals surface area contributed by atoms with E-state index in [2.05, 4.69) is 313 Å². The van der Waals surface area contributed by atoms with Crippen LogP contribution in [0.15, 0.2) is 319 Å². The van der Waals surface area contributed by atoms with Crippen LogP contribution in [0.4, 0.5) is 28.4 Å². The van der Waals surface area contributed by atoms with Gasteiger partial charge in [-0.1, -0.05) is 242 Å². The summed E-state index contributed by atoms with van der Waals surface area (Å²) in [4.78, 5) is 7.76. The van der Waals surface area contributed by atoms with Crippen LogP contribution in [0, 0.1) is 0 Å². The normalized spacial score (nSPS) is 15.7. The van der Waals surface area contributed by atoms with Crippen molar-refractivity contribution in [2.75, 3.05) is 9.80 Å². The SMILES string of the molecule is Clc1ccc2c(c1)C1(C3=C(Sc4ccc(N(c5ccc6ccccc6c5)c5cc(-c6ccc(-c7ccccc7)cc6)c6sc7ccccc7c6c5)cc41)C(N(c1ccccc1)c1ccc(-c4ccccc4)c4sc5ccccc5c14)CC=C3)c1ccccc1-2. The number of nitrogens with zero attached hydrogens (tertiary/aromatic N) is 2. The first kappa shape index (κ1) is 52.4. The van der Waals surface area contributed by atoms with E-state index in [1.165, 1.54) is 133 Å². The molecule has 0 bridgehead atoms. The Bertz CT molecular complexity index is 5410. The molecule has 13 aromatic carbocycles. The van der Waals surface area contributed by atoms with Gasteiger partial charge in [0.05, 0.1) is 17.1 Å². The number of thiophene rings is 2. The summed E-state index contributed by atoms with van der Waals surface area (Å²) in [7, 11) is 0. The third-order valence-corrected chi connectivity index (χ3v) is 22.6. The van der Waals surface area contributed by atoms with Crippen molar-refractivity contribution in [1.82, 2.24) is 0 Å². The minimum atomic E-state index is -0.754. The number of para-hydroxylation sites is 1. The summed E-state index contributed by atoms with van der Waals surface area (Å²) in [6.45, 7) is 0. The lowest BCUT2D eigenvalue weighted by Gasteiger charge is -2.46. The average molecular weight is 1210 g/mol. The van der Waals surface area contributed by atoms with Crippen molar-refractivity contribution in [3.8, 4) is 44.5 Å². The topological polar surface area (TPSA) is 6.48 Å². The molecule has 0 amide bonds. The van der Waals surface area contributed by atoms with Gasteiger partial charge in [0, 0.05) is 83.5 Å². The van der Waals surface area contributed by atoms with E-state index < -0.39 is 5.41 Å². The largest absolute Gasteiger partial charge is 0.332 e. The van der Waals surface area contributed by atoms with Crippen LogP contribution in [-0.2, 0) is 5.41 Å². The molecule has 0 fully saturated rings. The van der Waals surface area contributed by atoms with Crippen LogP contribution < -0.4 is 9.80 Å². The Labute approximate surface area is 534 Å². The van der Waals surface area contributed by atoms with Gasteiger partial charge in [-0.15, -0.1) is 22.7 Å². The molecule has 6 heteroatoms. The standard InChI is InChI=1S/C83H53ClN2S3/c84-58-40-43-65-64-27-12-15-30-70(64)83(72(65)48-58)71-31-18-32-75(86(59-25-8-3-9-26-59)74-45-44-63(55-22-6-2-7-23-55)81-79(74)67-29-14-17-34-77(67)88-81)82(71)89-78-46-42-61(51-73(78)83)85(60-41-39-53-21-10-11-24-57(53)47-60)62-49-68(80-69(50-62)66-28-13-16-33-76(66)87-80)56-37-35-54(36-38-56)52-19-4-1-5-20-52/h1-31,33-51,75H,32H2. The summed E-state index contributed by atoms with van der Waals surface area (Å²) in [5.74, 6) is 0. The molecule has 18 rings (SSSR count). The molecule has 0 saturated carbocycles. The van der Waals surface area contributed by atoms with Gasteiger partial charge in [-0.2, -0.15) is 0 Å². The number of thioether (sulfide) groups is 1. The molecule has 2 aromatic heterocycles. The molecule has 3 heterocycles. The summed E-state index contributed by atoms with van der Waals surface area (Å²) >= 11 is 13.1. The highest BCUT2D eigenvalue weighted by molar-refractivity contribution is 8.03. The minimum Gasteiger partial charge on any atom is -0.332 e. The van der Waals surface area contributed by atoms with Crippen LogP contribution in [0.25, 0.3) is 95.6 Å². The van der Waals surface area contributed by atoms with Gasteiger partial charge in [0.15, 0.2) is 0 Å². The van der Waals surface area contributed by atoms with Crippen LogP contribution in [0.3, 0.4) is 0 Å². The van der Waals surface area contributed by atoms with Crippen molar-refractivity contribution in [2.24, 2.45) is 0 Å². The molecule has 2 unspecified atom stereocenters. The first-order chi connectivity index (χ1) is 44.0. The van der Waals surface area contributed by atoms with Crippen LogP contribution in [0.5, 0.6) is 0 Å². The van der Waals surface area contributed by atoms with Crippen molar-refractivity contribution in [3.05, 3.63) is 336 Å². The van der Waals surface area contributed by atoms with E-state index in [1.54, 1.807) is 0 Å². The lowest BCUT2D eigenvalue weighted by Crippen LogP contribution is -2.40. The monoisotopic (exact) mass is 1210 g/mol. The van der Waals surface area contributed by atoms with Gasteiger partial charge in [0.25, 0.3) is 0 Å². The number of rotatable bonds is 9. The first-order valence-electron chi connectivity index (χ1n) is 30.4. The predicted molar refractivity (Wildman–Crippen MR) is 383 cm³/mol. The first-order valence-corrected chi connectivity index (χ1v) is 33.2. The van der Waals surface area contributed by atoms with Crippen molar-refractivity contribution >= 4 is 126 Å². The van der Waals surface area contributed by atoms with E-state index in [1.807, 2.05) is 34.4 Å². The third kappa shape index (κ3) is 8.30. The van der Waals surface area contributed by atoms with E-state index in [9.17, 15) is 0 Å². The highest BCUT2D eigenvalue weighted by Gasteiger charge is 2.53. The second kappa shape index (κ2) is 21.0. The predicted octanol–water partition coefficient (Wildman–Crippen LogP) is 24.5. The van der Waals surface area contributed by atoms with Crippen LogP contribution >= 0.6 is 46.0 Å². The quantitative estimate of drug-likeness (QED) is 0.142. The van der Waals surface area contributed by atoms with E-state index in [0.29, 0.717) is 0 Å². The molecule has 0 radical (unpaired) electrons. The fraction of sp³-hybridized carbons (Fsp3) is 0.0361. The molecule has 2 aliphatic carbocycles. The molecule has 2 atom stereocenters. The van der Waals surface area contributed by atoms with E-state index in [4.69, 9.17) is 11.6 Å². The Kier molecular flexibility index (Phi) is 12.4. The Morgan fingerprint density at radius 2 is 1.01 bits per heavy atom. The minimum absolute atomic E-state index is 0.0756. The Morgan fingerprint density at radius 1 is 0.393 bits per heavy atom. The van der Waals surface area contributed by atoms with E-state index in [0.717, 1.165) is 34.2 Å². The van der Waals surface area contributed by atoms with Crippen LogP contribution in [-0.4, -0.2) is 6.04 Å². The summed E-state index contributed by atoms with van der Waals surface area (Å²) < 4.78 is 5.13. The number of fused-ring (bicyclic) bond motifs is 15. The van der Waals surface area contributed by atoms with Crippen molar-refractivity contribution in [3.63, 3.8) is 0 Å². The lowest BCUT2D eigenvalue weighted by atomic mass is 9.65. The fourth-order valence-electron chi connectivity index (χ4n) is 14.8. The summed E-state index contributed by atoms with van der Waals surface area (Å²) in [6.07, 6.45) is 5.74. The van der Waals surface area contributed by atoms with Gasteiger partial charge < -0.3 is 9.80 Å². The second-order valence-corrected chi connectivity index (χ2v) is 27.1. The number of benzene rings is 13. The maximum absolute atomic E-state index is 7.38. The molecular formula is C83H53ClN2S3. The Balaban J connectivity index is 0.883. The van der Waals surface area contributed by atoms with Gasteiger partial charge in [-0.05, 0) is 163 Å². The number of hydrogen-bond donors (Lipinski definition) is 0. The van der Waals surface area contributed by atoms with Crippen LogP contribution in [0.2, 0.25) is 5.02 Å². The molecule has 1 aliphatic heterocycles. The molecule has 2 nitrogen and oxygen atoms in total. The fourth-order valence-corrected chi connectivity index (χ4v) is 18.8. The Hall–Kier alpha value is -9.72. The molecular weight excluding hydrogens is 1160 g/mol.